The van der Waals surface area contributed by atoms with Crippen LogP contribution in [-0.2, 0) is 11.3 Å². The zero-order valence-electron chi connectivity index (χ0n) is 17.2. The summed E-state index contributed by atoms with van der Waals surface area (Å²) in [4.78, 5) is 4.26. The summed E-state index contributed by atoms with van der Waals surface area (Å²) >= 11 is 0. The first-order chi connectivity index (χ1) is 13.8. The zero-order valence-corrected chi connectivity index (χ0v) is 19.6. The molecule has 0 saturated carbocycles. The molecule has 0 aromatic heterocycles. The fourth-order valence-corrected chi connectivity index (χ4v) is 2.53. The fraction of sp³-hybridized carbons (Fsp3) is 0.409. The maximum absolute atomic E-state index is 5.74. The zero-order chi connectivity index (χ0) is 19.9. The predicted molar refractivity (Wildman–Crippen MR) is 129 cm³/mol. The first-order valence-electron chi connectivity index (χ1n) is 9.65. The highest BCUT2D eigenvalue weighted by Crippen LogP contribution is 2.13. The summed E-state index contributed by atoms with van der Waals surface area (Å²) in [6, 6.07) is 17.9. The third kappa shape index (κ3) is 10.9. The Balaban J connectivity index is 0.00000420. The van der Waals surface area contributed by atoms with Crippen LogP contribution >= 0.6 is 24.0 Å². The van der Waals surface area contributed by atoms with Crippen LogP contribution in [0.1, 0.15) is 18.4 Å². The molecular formula is C22H32IN3O3. The summed E-state index contributed by atoms with van der Waals surface area (Å²) in [7, 11) is 3.47. The smallest absolute Gasteiger partial charge is 0.191 e. The monoisotopic (exact) mass is 513 g/mol. The van der Waals surface area contributed by atoms with Gasteiger partial charge in [0.1, 0.15) is 11.5 Å². The second kappa shape index (κ2) is 15.9. The highest BCUT2D eigenvalue weighted by molar-refractivity contribution is 14.0. The van der Waals surface area contributed by atoms with E-state index in [2.05, 4.69) is 21.7 Å². The average Bonchev–Trinajstić information content (AvgIpc) is 2.74. The van der Waals surface area contributed by atoms with Gasteiger partial charge in [-0.05, 0) is 36.2 Å². The van der Waals surface area contributed by atoms with Crippen molar-refractivity contribution < 1.29 is 14.2 Å². The Morgan fingerprint density at radius 1 is 0.862 bits per heavy atom. The van der Waals surface area contributed by atoms with E-state index in [1.54, 1.807) is 14.2 Å². The lowest BCUT2D eigenvalue weighted by Gasteiger charge is -2.13. The van der Waals surface area contributed by atoms with E-state index in [0.717, 1.165) is 42.4 Å². The first-order valence-corrected chi connectivity index (χ1v) is 9.65. The van der Waals surface area contributed by atoms with E-state index in [1.807, 2.05) is 48.5 Å². The standard InChI is InChI=1S/C22H31N3O3.HI/c1-23-22(24-13-7-15-27-20-10-4-3-5-11-20)25-18-19-9-6-12-21(17-19)28-16-8-14-26-2;/h3-6,9-12,17H,7-8,13-16,18H2,1-2H3,(H2,23,24,25);1H. The van der Waals surface area contributed by atoms with Gasteiger partial charge < -0.3 is 24.8 Å². The minimum atomic E-state index is 0. The Morgan fingerprint density at radius 2 is 1.59 bits per heavy atom. The van der Waals surface area contributed by atoms with Crippen LogP contribution in [0.2, 0.25) is 0 Å². The van der Waals surface area contributed by atoms with E-state index < -0.39 is 0 Å². The Morgan fingerprint density at radius 3 is 2.34 bits per heavy atom. The number of nitrogens with one attached hydrogen (secondary N) is 2. The average molecular weight is 513 g/mol. The van der Waals surface area contributed by atoms with Gasteiger partial charge >= 0.3 is 0 Å². The molecule has 2 rings (SSSR count). The number of halogens is 1. The number of benzene rings is 2. The van der Waals surface area contributed by atoms with Gasteiger partial charge in [-0.3, -0.25) is 4.99 Å². The Hall–Kier alpha value is -2.00. The Bertz CT molecular complexity index is 699. The number of para-hydroxylation sites is 1. The van der Waals surface area contributed by atoms with E-state index >= 15 is 0 Å². The largest absolute Gasteiger partial charge is 0.494 e. The van der Waals surface area contributed by atoms with Crippen LogP contribution in [0.3, 0.4) is 0 Å². The summed E-state index contributed by atoms with van der Waals surface area (Å²) in [5.41, 5.74) is 1.14. The summed E-state index contributed by atoms with van der Waals surface area (Å²) in [5.74, 6) is 2.54. The molecule has 0 amide bonds. The van der Waals surface area contributed by atoms with Crippen LogP contribution < -0.4 is 20.1 Å². The number of hydrogen-bond donors (Lipinski definition) is 2. The molecule has 6 nitrogen and oxygen atoms in total. The molecule has 0 aliphatic heterocycles. The van der Waals surface area contributed by atoms with Gasteiger partial charge in [-0.15, -0.1) is 24.0 Å². The molecule has 0 spiro atoms. The normalized spacial score (nSPS) is 10.8. The van der Waals surface area contributed by atoms with Crippen LogP contribution in [-0.4, -0.2) is 46.5 Å². The lowest BCUT2D eigenvalue weighted by molar-refractivity contribution is 0.172. The lowest BCUT2D eigenvalue weighted by atomic mass is 10.2. The third-order valence-electron chi connectivity index (χ3n) is 3.97. The van der Waals surface area contributed by atoms with E-state index in [4.69, 9.17) is 14.2 Å². The second-order valence-corrected chi connectivity index (χ2v) is 6.21. The molecule has 0 saturated heterocycles. The SMILES string of the molecule is CN=C(NCCCOc1ccccc1)NCc1cccc(OCCCOC)c1.I. The van der Waals surface area contributed by atoms with Gasteiger partial charge in [0.25, 0.3) is 0 Å². The van der Waals surface area contributed by atoms with Gasteiger partial charge in [0.05, 0.1) is 13.2 Å². The van der Waals surface area contributed by atoms with Gasteiger partial charge in [-0.2, -0.15) is 0 Å². The molecule has 0 radical (unpaired) electrons. The van der Waals surface area contributed by atoms with Gasteiger partial charge in [0.15, 0.2) is 5.96 Å². The van der Waals surface area contributed by atoms with Crippen LogP contribution in [0.15, 0.2) is 59.6 Å². The maximum Gasteiger partial charge on any atom is 0.191 e. The van der Waals surface area contributed by atoms with Crippen LogP contribution in [0, 0.1) is 0 Å². The van der Waals surface area contributed by atoms with Gasteiger partial charge in [0, 0.05) is 40.3 Å². The van der Waals surface area contributed by atoms with Gasteiger partial charge in [0.2, 0.25) is 0 Å². The molecule has 0 atom stereocenters. The van der Waals surface area contributed by atoms with E-state index in [0.29, 0.717) is 26.4 Å². The molecule has 2 N–H and O–H groups in total. The minimum absolute atomic E-state index is 0. The van der Waals surface area contributed by atoms with Crippen molar-refractivity contribution in [2.24, 2.45) is 4.99 Å². The summed E-state index contributed by atoms with van der Waals surface area (Å²) < 4.78 is 16.5. The number of nitrogens with zero attached hydrogens (tertiary/aromatic N) is 1. The van der Waals surface area contributed by atoms with Crippen molar-refractivity contribution >= 4 is 29.9 Å². The first kappa shape index (κ1) is 25.0. The quantitative estimate of drug-likeness (QED) is 0.195. The van der Waals surface area contributed by atoms with Crippen molar-refractivity contribution in [1.82, 2.24) is 10.6 Å². The number of methoxy groups -OCH3 is 1. The molecule has 0 aliphatic rings. The molecule has 0 aliphatic carbocycles. The number of aliphatic imine (C=N–C) groups is 1. The molecule has 7 heteroatoms. The third-order valence-corrected chi connectivity index (χ3v) is 3.97. The summed E-state index contributed by atoms with van der Waals surface area (Å²) in [6.45, 7) is 3.49. The van der Waals surface area contributed by atoms with Crippen molar-refractivity contribution in [1.29, 1.82) is 0 Å². The molecule has 2 aromatic rings. The van der Waals surface area contributed by atoms with Crippen LogP contribution in [0.5, 0.6) is 11.5 Å². The molecule has 0 unspecified atom stereocenters. The molecule has 0 fully saturated rings. The van der Waals surface area contributed by atoms with Crippen LogP contribution in [0.25, 0.3) is 0 Å². The Labute approximate surface area is 191 Å². The summed E-state index contributed by atoms with van der Waals surface area (Å²) in [5, 5.41) is 6.62. The van der Waals surface area contributed by atoms with E-state index in [9.17, 15) is 0 Å². The highest BCUT2D eigenvalue weighted by atomic mass is 127. The van der Waals surface area contributed by atoms with Crippen molar-refractivity contribution in [3.05, 3.63) is 60.2 Å². The number of guanidine groups is 1. The Kier molecular flexibility index (Phi) is 13.7. The van der Waals surface area contributed by atoms with Crippen molar-refractivity contribution in [3.8, 4) is 11.5 Å². The summed E-state index contributed by atoms with van der Waals surface area (Å²) in [6.07, 6.45) is 1.77. The number of rotatable bonds is 12. The topological polar surface area (TPSA) is 64.1 Å². The van der Waals surface area contributed by atoms with Gasteiger partial charge in [-0.1, -0.05) is 30.3 Å². The minimum Gasteiger partial charge on any atom is -0.494 e. The van der Waals surface area contributed by atoms with Crippen molar-refractivity contribution in [3.63, 3.8) is 0 Å². The van der Waals surface area contributed by atoms with E-state index in [1.165, 1.54) is 0 Å². The highest BCUT2D eigenvalue weighted by Gasteiger charge is 2.01. The second-order valence-electron chi connectivity index (χ2n) is 6.21. The lowest BCUT2D eigenvalue weighted by Crippen LogP contribution is -2.37. The number of hydrogen-bond acceptors (Lipinski definition) is 4. The van der Waals surface area contributed by atoms with Crippen LogP contribution in [0.4, 0.5) is 0 Å². The molecular weight excluding hydrogens is 481 g/mol. The fourth-order valence-electron chi connectivity index (χ4n) is 2.53. The molecule has 0 heterocycles. The molecule has 29 heavy (non-hydrogen) atoms. The van der Waals surface area contributed by atoms with Crippen molar-refractivity contribution in [2.75, 3.05) is 40.5 Å². The van der Waals surface area contributed by atoms with Gasteiger partial charge in [-0.25, -0.2) is 0 Å². The maximum atomic E-state index is 5.74. The molecule has 160 valence electrons. The molecule has 2 aromatic carbocycles. The van der Waals surface area contributed by atoms with Crippen molar-refractivity contribution in [2.45, 2.75) is 19.4 Å². The number of ether oxygens (including phenoxy) is 3. The molecule has 0 bridgehead atoms. The predicted octanol–water partition coefficient (Wildman–Crippen LogP) is 3.85. The van der Waals surface area contributed by atoms with E-state index in [-0.39, 0.29) is 24.0 Å².